The number of anilines is 2. The standard InChI is InChI=1S/C30H29N3O3/c1-2-36-30(35)23-13-16-25-26(19-23)32-29(34)27(25)28(22-9-5-3-6-10-22)31-24-14-11-21(12-15-24)20-33-17-7-4-8-18-33/h3-7,9-16,19,31H,2,8,17-18,20H2,1H3,(H,32,34). The lowest BCUT2D eigenvalue weighted by molar-refractivity contribution is -0.110. The van der Waals surface area contributed by atoms with Gasteiger partial charge in [-0.05, 0) is 48.7 Å². The average molecular weight is 480 g/mol. The molecule has 6 heteroatoms. The van der Waals surface area contributed by atoms with Crippen molar-refractivity contribution in [3.8, 4) is 0 Å². The molecule has 0 aromatic heterocycles. The Morgan fingerprint density at radius 3 is 2.53 bits per heavy atom. The van der Waals surface area contributed by atoms with E-state index in [9.17, 15) is 9.59 Å². The fourth-order valence-corrected chi connectivity index (χ4v) is 4.58. The van der Waals surface area contributed by atoms with Gasteiger partial charge in [-0.2, -0.15) is 0 Å². The first-order valence-electron chi connectivity index (χ1n) is 12.3. The lowest BCUT2D eigenvalue weighted by atomic mass is 9.99. The number of carbonyl (C=O) groups is 2. The van der Waals surface area contributed by atoms with Gasteiger partial charge in [0.2, 0.25) is 0 Å². The minimum absolute atomic E-state index is 0.216. The molecule has 5 rings (SSSR count). The Bertz CT molecular complexity index is 1330. The number of carbonyl (C=O) groups excluding carboxylic acids is 2. The highest BCUT2D eigenvalue weighted by Gasteiger charge is 2.29. The smallest absolute Gasteiger partial charge is 0.338 e. The van der Waals surface area contributed by atoms with Crippen LogP contribution in [0.1, 0.15) is 40.4 Å². The van der Waals surface area contributed by atoms with Crippen LogP contribution < -0.4 is 10.6 Å². The maximum Gasteiger partial charge on any atom is 0.338 e. The summed E-state index contributed by atoms with van der Waals surface area (Å²) in [7, 11) is 0. The lowest BCUT2D eigenvalue weighted by Crippen LogP contribution is -2.26. The van der Waals surface area contributed by atoms with Gasteiger partial charge in [0.25, 0.3) is 5.91 Å². The van der Waals surface area contributed by atoms with E-state index in [1.807, 2.05) is 30.3 Å². The SMILES string of the molecule is CCOC(=O)c1ccc2c(c1)NC(=O)C2=C(Nc1ccc(CN2CC=CCC2)cc1)c1ccccc1. The van der Waals surface area contributed by atoms with Crippen LogP contribution in [-0.4, -0.2) is 36.5 Å². The minimum atomic E-state index is -0.408. The zero-order chi connectivity index (χ0) is 24.9. The van der Waals surface area contributed by atoms with E-state index in [1.54, 1.807) is 25.1 Å². The highest BCUT2D eigenvalue weighted by molar-refractivity contribution is 6.37. The number of hydrogen-bond acceptors (Lipinski definition) is 5. The normalized spacial score (nSPS) is 16.3. The molecule has 36 heavy (non-hydrogen) atoms. The molecular formula is C30H29N3O3. The Hall–Kier alpha value is -4.16. The van der Waals surface area contributed by atoms with Gasteiger partial charge in [0.15, 0.2) is 0 Å². The third-order valence-corrected chi connectivity index (χ3v) is 6.36. The maximum atomic E-state index is 13.2. The van der Waals surface area contributed by atoms with Crippen molar-refractivity contribution in [2.75, 3.05) is 30.3 Å². The summed E-state index contributed by atoms with van der Waals surface area (Å²) in [6.45, 7) is 5.03. The number of rotatable bonds is 7. The zero-order valence-corrected chi connectivity index (χ0v) is 20.3. The first-order valence-corrected chi connectivity index (χ1v) is 12.3. The highest BCUT2D eigenvalue weighted by atomic mass is 16.5. The summed E-state index contributed by atoms with van der Waals surface area (Å²) in [5, 5.41) is 6.42. The summed E-state index contributed by atoms with van der Waals surface area (Å²) >= 11 is 0. The summed E-state index contributed by atoms with van der Waals surface area (Å²) < 4.78 is 5.11. The number of nitrogens with one attached hydrogen (secondary N) is 2. The van der Waals surface area contributed by atoms with Gasteiger partial charge in [0.1, 0.15) is 0 Å². The van der Waals surface area contributed by atoms with Crippen molar-refractivity contribution in [1.82, 2.24) is 4.90 Å². The van der Waals surface area contributed by atoms with E-state index in [1.165, 1.54) is 5.56 Å². The Balaban J connectivity index is 1.47. The average Bonchev–Trinajstić information content (AvgIpc) is 3.24. The zero-order valence-electron chi connectivity index (χ0n) is 20.3. The molecule has 2 N–H and O–H groups in total. The number of ether oxygens (including phenoxy) is 1. The monoisotopic (exact) mass is 479 g/mol. The van der Waals surface area contributed by atoms with Crippen molar-refractivity contribution < 1.29 is 14.3 Å². The molecule has 6 nitrogen and oxygen atoms in total. The van der Waals surface area contributed by atoms with E-state index in [2.05, 4.69) is 52.0 Å². The highest BCUT2D eigenvalue weighted by Crippen LogP contribution is 2.38. The largest absolute Gasteiger partial charge is 0.462 e. The molecule has 0 bridgehead atoms. The van der Waals surface area contributed by atoms with Crippen LogP contribution in [0.4, 0.5) is 11.4 Å². The van der Waals surface area contributed by atoms with Crippen LogP contribution in [0, 0.1) is 0 Å². The van der Waals surface area contributed by atoms with Gasteiger partial charge in [-0.3, -0.25) is 9.69 Å². The Morgan fingerprint density at radius 2 is 1.81 bits per heavy atom. The van der Waals surface area contributed by atoms with Gasteiger partial charge in [0.05, 0.1) is 29.1 Å². The van der Waals surface area contributed by atoms with Crippen LogP contribution in [0.25, 0.3) is 11.3 Å². The van der Waals surface area contributed by atoms with E-state index < -0.39 is 5.97 Å². The van der Waals surface area contributed by atoms with Gasteiger partial charge < -0.3 is 15.4 Å². The first-order chi connectivity index (χ1) is 17.6. The molecule has 2 aliphatic rings. The van der Waals surface area contributed by atoms with Crippen LogP contribution in [0.15, 0.2) is 84.9 Å². The second-order valence-corrected chi connectivity index (χ2v) is 8.87. The maximum absolute atomic E-state index is 13.2. The summed E-state index contributed by atoms with van der Waals surface area (Å²) in [6, 6.07) is 23.3. The van der Waals surface area contributed by atoms with E-state index in [-0.39, 0.29) is 5.91 Å². The van der Waals surface area contributed by atoms with Crippen LogP contribution in [-0.2, 0) is 16.1 Å². The fourth-order valence-electron chi connectivity index (χ4n) is 4.58. The number of hydrogen-bond donors (Lipinski definition) is 2. The topological polar surface area (TPSA) is 70.7 Å². The molecule has 2 heterocycles. The number of fused-ring (bicyclic) bond motifs is 1. The van der Waals surface area contributed by atoms with Gasteiger partial charge in [-0.1, -0.05) is 60.7 Å². The molecular weight excluding hydrogens is 450 g/mol. The summed E-state index contributed by atoms with van der Waals surface area (Å²) in [6.07, 6.45) is 5.55. The molecule has 0 atom stereocenters. The second-order valence-electron chi connectivity index (χ2n) is 8.87. The molecule has 3 aromatic rings. The summed E-state index contributed by atoms with van der Waals surface area (Å²) in [5.74, 6) is -0.624. The predicted octanol–water partition coefficient (Wildman–Crippen LogP) is 5.56. The Labute approximate surface area is 211 Å². The lowest BCUT2D eigenvalue weighted by Gasteiger charge is -2.23. The van der Waals surface area contributed by atoms with Crippen molar-refractivity contribution in [3.63, 3.8) is 0 Å². The molecule has 0 radical (unpaired) electrons. The number of nitrogens with zero attached hydrogens (tertiary/aromatic N) is 1. The molecule has 0 fully saturated rings. The van der Waals surface area contributed by atoms with E-state index in [4.69, 9.17) is 4.74 Å². The third kappa shape index (κ3) is 5.09. The fraction of sp³-hybridized carbons (Fsp3) is 0.200. The van der Waals surface area contributed by atoms with Gasteiger partial charge in [-0.25, -0.2) is 4.79 Å². The third-order valence-electron chi connectivity index (χ3n) is 6.36. The van der Waals surface area contributed by atoms with Gasteiger partial charge in [0, 0.05) is 30.9 Å². The molecule has 182 valence electrons. The molecule has 0 unspecified atom stereocenters. The van der Waals surface area contributed by atoms with Crippen molar-refractivity contribution in [2.24, 2.45) is 0 Å². The van der Waals surface area contributed by atoms with Crippen molar-refractivity contribution in [1.29, 1.82) is 0 Å². The van der Waals surface area contributed by atoms with Crippen molar-refractivity contribution in [2.45, 2.75) is 19.9 Å². The number of esters is 1. The summed E-state index contributed by atoms with van der Waals surface area (Å²) in [5.41, 5.74) is 6.05. The van der Waals surface area contributed by atoms with Gasteiger partial charge in [-0.15, -0.1) is 0 Å². The van der Waals surface area contributed by atoms with Crippen molar-refractivity contribution in [3.05, 3.63) is 107 Å². The molecule has 0 aliphatic carbocycles. The molecule has 2 aliphatic heterocycles. The van der Waals surface area contributed by atoms with Crippen LogP contribution >= 0.6 is 0 Å². The quantitative estimate of drug-likeness (QED) is 0.264. The molecule has 0 spiro atoms. The second kappa shape index (κ2) is 10.6. The van der Waals surface area contributed by atoms with E-state index in [0.717, 1.165) is 42.9 Å². The molecule has 0 saturated heterocycles. The predicted molar refractivity (Wildman–Crippen MR) is 143 cm³/mol. The molecule has 0 saturated carbocycles. The van der Waals surface area contributed by atoms with E-state index >= 15 is 0 Å². The van der Waals surface area contributed by atoms with Crippen LogP contribution in [0.3, 0.4) is 0 Å². The van der Waals surface area contributed by atoms with Crippen LogP contribution in [0.5, 0.6) is 0 Å². The first kappa shape index (κ1) is 23.6. The molecule has 1 amide bonds. The van der Waals surface area contributed by atoms with Crippen LogP contribution in [0.2, 0.25) is 0 Å². The molecule has 3 aromatic carbocycles. The van der Waals surface area contributed by atoms with Crippen molar-refractivity contribution >= 4 is 34.5 Å². The summed E-state index contributed by atoms with van der Waals surface area (Å²) in [4.78, 5) is 27.8. The Morgan fingerprint density at radius 1 is 1.00 bits per heavy atom. The number of amides is 1. The van der Waals surface area contributed by atoms with E-state index in [0.29, 0.717) is 29.1 Å². The van der Waals surface area contributed by atoms with Gasteiger partial charge >= 0.3 is 5.97 Å². The Kier molecular flexibility index (Phi) is 6.96. The number of benzene rings is 3. The minimum Gasteiger partial charge on any atom is -0.462 e.